The Hall–Kier alpha value is -5.28. The fourth-order valence-corrected chi connectivity index (χ4v) is 4.73. The number of anilines is 1. The summed E-state index contributed by atoms with van der Waals surface area (Å²) in [5.74, 6) is -1.99. The second-order valence-electron chi connectivity index (χ2n) is 9.34. The van der Waals surface area contributed by atoms with Crippen molar-refractivity contribution in [3.05, 3.63) is 89.2 Å². The number of nitrogens with one attached hydrogen (secondary N) is 2. The predicted molar refractivity (Wildman–Crippen MR) is 158 cm³/mol. The van der Waals surface area contributed by atoms with Crippen LogP contribution in [0.1, 0.15) is 21.5 Å². The van der Waals surface area contributed by atoms with Gasteiger partial charge in [-0.05, 0) is 55.4 Å². The van der Waals surface area contributed by atoms with Gasteiger partial charge in [0.1, 0.15) is 29.6 Å². The Morgan fingerprint density at radius 2 is 1.93 bits per heavy atom. The third kappa shape index (κ3) is 7.76. The molecular formula is C29H27FN8O5S. The van der Waals surface area contributed by atoms with Crippen LogP contribution in [0.5, 0.6) is 17.2 Å². The number of benzene rings is 2. The molecule has 13 nitrogen and oxygen atoms in total. The smallest absolute Gasteiger partial charge is 0.338 e. The Labute approximate surface area is 254 Å². The molecule has 226 valence electrons. The Bertz CT molecular complexity index is 1730. The standard InChI is InChI=1S/C29H27FN8O5S/c1-31-5-4-18-12-25(42-10-9-38-17-24(36-37-38)23-16-32-6-7-33-23)26(43-20-2-3-21(28(40)41)22(30)15-20)13-19(18)14-27(39)35-29-34-8-11-44-29/h2-3,6-8,11-13,15-17,31H,4-5,9-10,14H2,1H3,(H,40,41)(H,34,35,39). The number of hydrogen-bond acceptors (Lipinski definition) is 11. The quantitative estimate of drug-likeness (QED) is 0.165. The second-order valence-corrected chi connectivity index (χ2v) is 10.2. The number of hydrogen-bond donors (Lipinski definition) is 3. The molecule has 0 spiro atoms. The summed E-state index contributed by atoms with van der Waals surface area (Å²) >= 11 is 1.31. The maximum Gasteiger partial charge on any atom is 0.338 e. The Morgan fingerprint density at radius 3 is 2.66 bits per heavy atom. The van der Waals surface area contributed by atoms with Crippen LogP contribution in [0.4, 0.5) is 9.52 Å². The molecule has 5 rings (SSSR count). The average Bonchev–Trinajstić information content (AvgIpc) is 3.70. The molecule has 44 heavy (non-hydrogen) atoms. The number of carbonyl (C=O) groups is 2. The lowest BCUT2D eigenvalue weighted by molar-refractivity contribution is -0.115. The number of aromatic nitrogens is 6. The van der Waals surface area contributed by atoms with Crippen molar-refractivity contribution in [1.29, 1.82) is 0 Å². The zero-order chi connectivity index (χ0) is 30.9. The number of rotatable bonds is 14. The minimum absolute atomic E-state index is 0.0195. The summed E-state index contributed by atoms with van der Waals surface area (Å²) in [6.07, 6.45) is 8.65. The van der Waals surface area contributed by atoms with Gasteiger partial charge in [-0.15, -0.1) is 16.4 Å². The van der Waals surface area contributed by atoms with Crippen LogP contribution >= 0.6 is 11.3 Å². The number of carbonyl (C=O) groups excluding carboxylic acids is 1. The summed E-state index contributed by atoms with van der Waals surface area (Å²) in [7, 11) is 1.83. The van der Waals surface area contributed by atoms with Crippen molar-refractivity contribution in [3.63, 3.8) is 0 Å². The SMILES string of the molecule is CNCCc1cc(OCCn2cc(-c3cnccn3)nn2)c(Oc2ccc(C(=O)O)c(F)c2)cc1CC(=O)Nc1nccs1. The minimum Gasteiger partial charge on any atom is -0.488 e. The van der Waals surface area contributed by atoms with E-state index in [4.69, 9.17) is 9.47 Å². The first kappa shape index (κ1) is 30.2. The van der Waals surface area contributed by atoms with E-state index < -0.39 is 17.3 Å². The molecule has 0 aliphatic carbocycles. The van der Waals surface area contributed by atoms with Gasteiger partial charge < -0.3 is 25.2 Å². The maximum absolute atomic E-state index is 14.5. The first-order valence-corrected chi connectivity index (χ1v) is 14.3. The van der Waals surface area contributed by atoms with Gasteiger partial charge in [0, 0.05) is 30.0 Å². The van der Waals surface area contributed by atoms with Crippen molar-refractivity contribution in [3.8, 4) is 28.6 Å². The van der Waals surface area contributed by atoms with Crippen LogP contribution < -0.4 is 20.1 Å². The zero-order valence-corrected chi connectivity index (χ0v) is 24.3. The van der Waals surface area contributed by atoms with Crippen molar-refractivity contribution >= 4 is 28.3 Å². The number of carboxylic acid groups (broad SMARTS) is 1. The van der Waals surface area contributed by atoms with Crippen molar-refractivity contribution in [2.75, 3.05) is 25.5 Å². The molecule has 0 saturated carbocycles. The molecule has 3 N–H and O–H groups in total. The third-order valence-corrected chi connectivity index (χ3v) is 6.97. The van der Waals surface area contributed by atoms with Gasteiger partial charge in [-0.3, -0.25) is 14.8 Å². The van der Waals surface area contributed by atoms with Crippen molar-refractivity contribution in [2.45, 2.75) is 19.4 Å². The van der Waals surface area contributed by atoms with Gasteiger partial charge in [-0.2, -0.15) is 0 Å². The lowest BCUT2D eigenvalue weighted by Gasteiger charge is -2.18. The molecular weight excluding hydrogens is 591 g/mol. The van der Waals surface area contributed by atoms with E-state index in [0.717, 1.165) is 17.7 Å². The van der Waals surface area contributed by atoms with Crippen molar-refractivity contribution in [2.24, 2.45) is 0 Å². The lowest BCUT2D eigenvalue weighted by Crippen LogP contribution is -2.17. The van der Waals surface area contributed by atoms with Gasteiger partial charge in [0.15, 0.2) is 16.6 Å². The van der Waals surface area contributed by atoms with E-state index in [2.05, 4.69) is 35.9 Å². The molecule has 1 amide bonds. The van der Waals surface area contributed by atoms with Crippen LogP contribution in [0.25, 0.3) is 11.4 Å². The summed E-state index contributed by atoms with van der Waals surface area (Å²) < 4.78 is 28.2. The van der Waals surface area contributed by atoms with Crippen LogP contribution in [-0.2, 0) is 24.2 Å². The number of likely N-dealkylation sites (N-methyl/N-ethyl adjacent to an activating group) is 1. The molecule has 5 aromatic rings. The number of carboxylic acids is 1. The highest BCUT2D eigenvalue weighted by atomic mass is 32.1. The summed E-state index contributed by atoms with van der Waals surface area (Å²) in [4.78, 5) is 36.5. The average molecular weight is 619 g/mol. The van der Waals surface area contributed by atoms with Gasteiger partial charge in [0.25, 0.3) is 0 Å². The molecule has 0 saturated heterocycles. The van der Waals surface area contributed by atoms with Gasteiger partial charge in [0.05, 0.1) is 30.9 Å². The molecule has 15 heteroatoms. The predicted octanol–water partition coefficient (Wildman–Crippen LogP) is 3.84. The highest BCUT2D eigenvalue weighted by Crippen LogP contribution is 2.36. The first-order valence-electron chi connectivity index (χ1n) is 13.4. The van der Waals surface area contributed by atoms with Crippen LogP contribution in [0.15, 0.2) is 66.7 Å². The zero-order valence-electron chi connectivity index (χ0n) is 23.4. The summed E-state index contributed by atoms with van der Waals surface area (Å²) in [5.41, 5.74) is 2.17. The molecule has 0 fully saturated rings. The molecule has 0 aliphatic rings. The number of thiazole rings is 1. The van der Waals surface area contributed by atoms with Gasteiger partial charge >= 0.3 is 5.97 Å². The summed E-state index contributed by atoms with van der Waals surface area (Å²) in [6, 6.07) is 6.92. The fraction of sp³-hybridized carbons (Fsp3) is 0.207. The largest absolute Gasteiger partial charge is 0.488 e. The monoisotopic (exact) mass is 618 g/mol. The number of nitrogens with zero attached hydrogens (tertiary/aromatic N) is 6. The number of ether oxygens (including phenoxy) is 2. The van der Waals surface area contributed by atoms with E-state index in [1.54, 1.807) is 53.2 Å². The number of aromatic carboxylic acids is 1. The van der Waals surface area contributed by atoms with Crippen molar-refractivity contribution < 1.29 is 28.6 Å². The summed E-state index contributed by atoms with van der Waals surface area (Å²) in [5, 5.41) is 25.6. The Balaban J connectivity index is 1.40. The van der Waals surface area contributed by atoms with Crippen LogP contribution in [0, 0.1) is 5.82 Å². The normalized spacial score (nSPS) is 10.9. The number of halogens is 1. The van der Waals surface area contributed by atoms with Gasteiger partial charge in [0.2, 0.25) is 5.91 Å². The third-order valence-electron chi connectivity index (χ3n) is 6.28. The molecule has 0 radical (unpaired) electrons. The maximum atomic E-state index is 14.5. The minimum atomic E-state index is -1.39. The van der Waals surface area contributed by atoms with E-state index in [1.807, 2.05) is 7.05 Å². The molecule has 3 aromatic heterocycles. The van der Waals surface area contributed by atoms with Crippen LogP contribution in [-0.4, -0.2) is 67.1 Å². The first-order chi connectivity index (χ1) is 21.4. The molecule has 3 heterocycles. The van der Waals surface area contributed by atoms with Crippen LogP contribution in [0.3, 0.4) is 0 Å². The molecule has 2 aromatic carbocycles. The molecule has 0 atom stereocenters. The van der Waals surface area contributed by atoms with E-state index in [0.29, 0.717) is 47.3 Å². The van der Waals surface area contributed by atoms with Crippen LogP contribution in [0.2, 0.25) is 0 Å². The van der Waals surface area contributed by atoms with E-state index in [9.17, 15) is 19.1 Å². The van der Waals surface area contributed by atoms with Gasteiger partial charge in [-0.25, -0.2) is 18.9 Å². The van der Waals surface area contributed by atoms with Gasteiger partial charge in [-0.1, -0.05) is 5.21 Å². The summed E-state index contributed by atoms with van der Waals surface area (Å²) in [6.45, 7) is 1.13. The second kappa shape index (κ2) is 14.3. The lowest BCUT2D eigenvalue weighted by atomic mass is 10.00. The molecule has 0 bridgehead atoms. The molecule has 0 aliphatic heterocycles. The highest BCUT2D eigenvalue weighted by molar-refractivity contribution is 7.13. The number of amides is 1. The molecule has 0 unspecified atom stereocenters. The van der Waals surface area contributed by atoms with E-state index >= 15 is 0 Å². The van der Waals surface area contributed by atoms with E-state index in [1.165, 1.54) is 17.4 Å². The Kier molecular flexibility index (Phi) is 9.78. The van der Waals surface area contributed by atoms with E-state index in [-0.39, 0.29) is 30.4 Å². The highest BCUT2D eigenvalue weighted by Gasteiger charge is 2.18. The topological polar surface area (TPSA) is 166 Å². The fourth-order valence-electron chi connectivity index (χ4n) is 4.18. The van der Waals surface area contributed by atoms with Crippen molar-refractivity contribution in [1.82, 2.24) is 35.3 Å². The Morgan fingerprint density at radius 1 is 1.07 bits per heavy atom.